The molecule has 7 nitrogen and oxygen atoms in total. The van der Waals surface area contributed by atoms with Gasteiger partial charge in [0.1, 0.15) is 11.7 Å². The summed E-state index contributed by atoms with van der Waals surface area (Å²) >= 11 is 6.30. The highest BCUT2D eigenvalue weighted by Gasteiger charge is 2.59. The number of pyridine rings is 1. The number of aromatic nitrogens is 1. The summed E-state index contributed by atoms with van der Waals surface area (Å²) in [4.78, 5) is 16.8. The Morgan fingerprint density at radius 2 is 1.79 bits per heavy atom. The Balaban J connectivity index is 1.39. The number of carbonyl (C=O) groups excluding carboxylic acids is 1. The van der Waals surface area contributed by atoms with Gasteiger partial charge in [-0.3, -0.25) is 9.78 Å². The molecule has 1 heterocycles. The molecule has 2 fully saturated rings. The quantitative estimate of drug-likeness (QED) is 0.380. The van der Waals surface area contributed by atoms with Crippen LogP contribution in [0.25, 0.3) is 0 Å². The summed E-state index contributed by atoms with van der Waals surface area (Å²) in [5.74, 6) is -3.88. The number of benzene rings is 2. The Kier molecular flexibility index (Phi) is 7.26. The van der Waals surface area contributed by atoms with Crippen LogP contribution in [0.4, 0.5) is 14.5 Å². The average Bonchev–Trinajstić information content (AvgIpc) is 3.06. The second-order valence-corrected chi connectivity index (χ2v) is 12.9. The van der Waals surface area contributed by atoms with Crippen molar-refractivity contribution in [2.45, 2.75) is 54.5 Å². The van der Waals surface area contributed by atoms with Gasteiger partial charge >= 0.3 is 0 Å². The number of amides is 1. The molecule has 2 aromatic carbocycles. The van der Waals surface area contributed by atoms with Crippen molar-refractivity contribution in [1.29, 1.82) is 0 Å². The number of hydrogen-bond donors (Lipinski definition) is 3. The Hall–Kier alpha value is -2.92. The first-order chi connectivity index (χ1) is 18.4. The van der Waals surface area contributed by atoms with E-state index in [-0.39, 0.29) is 34.0 Å². The van der Waals surface area contributed by atoms with Crippen molar-refractivity contribution in [2.75, 3.05) is 5.32 Å². The standard InChI is InChI=1S/C28H27ClF2N2O5S/c1-15-3-2-10-32-25(15)26(34)28(36)17-5-6-18(28)13-20(12-17)39(37,38)24-11-16(4-8-21(24)29)27(35)33-19-7-9-22(30)23(31)14-19/h2-4,7-11,14,17-18,20,26,34,36H,5-6,12-13H2,1H3,(H,33,35)/t17-,18+,20-,26-,28-/m1/s1. The molecule has 3 aromatic rings. The Labute approximate surface area is 229 Å². The van der Waals surface area contributed by atoms with Gasteiger partial charge in [0.25, 0.3) is 5.91 Å². The molecule has 206 valence electrons. The van der Waals surface area contributed by atoms with Crippen LogP contribution >= 0.6 is 11.6 Å². The Morgan fingerprint density at radius 3 is 2.44 bits per heavy atom. The molecule has 1 aromatic heterocycles. The summed E-state index contributed by atoms with van der Waals surface area (Å²) in [6.45, 7) is 1.80. The highest BCUT2D eigenvalue weighted by atomic mass is 35.5. The first-order valence-electron chi connectivity index (χ1n) is 12.5. The van der Waals surface area contributed by atoms with Gasteiger partial charge in [-0.25, -0.2) is 17.2 Å². The summed E-state index contributed by atoms with van der Waals surface area (Å²) < 4.78 is 54.3. The number of sulfone groups is 1. The minimum Gasteiger partial charge on any atom is -0.386 e. The van der Waals surface area contributed by atoms with Crippen LogP contribution in [0.15, 0.2) is 59.6 Å². The predicted molar refractivity (Wildman–Crippen MR) is 141 cm³/mol. The summed E-state index contributed by atoms with van der Waals surface area (Å²) in [7, 11) is -4.04. The van der Waals surface area contributed by atoms with E-state index in [1.165, 1.54) is 24.3 Å². The predicted octanol–water partition coefficient (Wildman–Crippen LogP) is 5.00. The maximum atomic E-state index is 13.8. The van der Waals surface area contributed by atoms with Crippen molar-refractivity contribution in [3.05, 3.63) is 88.2 Å². The number of anilines is 1. The number of rotatable bonds is 6. The van der Waals surface area contributed by atoms with Gasteiger partial charge in [0.05, 0.1) is 20.9 Å². The lowest BCUT2D eigenvalue weighted by Crippen LogP contribution is -2.52. The molecule has 5 atom stereocenters. The molecular weight excluding hydrogens is 550 g/mol. The fourth-order valence-electron chi connectivity index (χ4n) is 6.06. The number of halogens is 3. The van der Waals surface area contributed by atoms with E-state index in [2.05, 4.69) is 10.3 Å². The van der Waals surface area contributed by atoms with Gasteiger partial charge in [0.15, 0.2) is 21.5 Å². The van der Waals surface area contributed by atoms with Gasteiger partial charge < -0.3 is 15.5 Å². The molecule has 0 radical (unpaired) electrons. The third-order valence-corrected chi connectivity index (χ3v) is 10.8. The van der Waals surface area contributed by atoms with E-state index in [4.69, 9.17) is 11.6 Å². The van der Waals surface area contributed by atoms with Crippen LogP contribution in [0.3, 0.4) is 0 Å². The van der Waals surface area contributed by atoms with E-state index in [9.17, 15) is 32.2 Å². The molecule has 2 bridgehead atoms. The number of fused-ring (bicyclic) bond motifs is 2. The van der Waals surface area contributed by atoms with Crippen LogP contribution in [0.2, 0.25) is 5.02 Å². The normalized spacial score (nSPS) is 25.3. The van der Waals surface area contributed by atoms with Crippen LogP contribution in [0, 0.1) is 30.4 Å². The zero-order chi connectivity index (χ0) is 28.1. The number of nitrogens with zero attached hydrogens (tertiary/aromatic N) is 1. The maximum Gasteiger partial charge on any atom is 0.255 e. The zero-order valence-electron chi connectivity index (χ0n) is 20.9. The lowest BCUT2D eigenvalue weighted by Gasteiger charge is -2.45. The number of aliphatic hydroxyl groups excluding tert-OH is 1. The van der Waals surface area contributed by atoms with Crippen molar-refractivity contribution in [3.63, 3.8) is 0 Å². The maximum absolute atomic E-state index is 13.8. The summed E-state index contributed by atoms with van der Waals surface area (Å²) in [6.07, 6.45) is 1.62. The van der Waals surface area contributed by atoms with Crippen LogP contribution in [-0.2, 0) is 9.84 Å². The smallest absolute Gasteiger partial charge is 0.255 e. The number of aryl methyl sites for hydroxylation is 1. The number of aliphatic hydroxyl groups is 2. The lowest BCUT2D eigenvalue weighted by atomic mass is 9.70. The van der Waals surface area contributed by atoms with Gasteiger partial charge in [-0.05, 0) is 86.4 Å². The molecule has 0 saturated heterocycles. The van der Waals surface area contributed by atoms with E-state index in [1.807, 2.05) is 0 Å². The molecule has 11 heteroatoms. The topological polar surface area (TPSA) is 117 Å². The number of carbonyl (C=O) groups is 1. The van der Waals surface area contributed by atoms with Crippen LogP contribution in [0.1, 0.15) is 53.4 Å². The third kappa shape index (κ3) is 4.84. The van der Waals surface area contributed by atoms with E-state index in [1.54, 1.807) is 25.3 Å². The molecule has 39 heavy (non-hydrogen) atoms. The van der Waals surface area contributed by atoms with Crippen LogP contribution in [0.5, 0.6) is 0 Å². The van der Waals surface area contributed by atoms with Crippen LogP contribution in [-0.4, -0.2) is 40.4 Å². The third-order valence-electron chi connectivity index (χ3n) is 8.13. The average molecular weight is 577 g/mol. The molecule has 3 N–H and O–H groups in total. The molecule has 2 aliphatic rings. The minimum absolute atomic E-state index is 0.00287. The Morgan fingerprint density at radius 1 is 1.10 bits per heavy atom. The molecule has 5 rings (SSSR count). The SMILES string of the molecule is Cc1cccnc1[C@@H](O)[C@@]1(O)[C@@H]2CC[C@H]1C[C@H](S(=O)(=O)c1cc(C(=O)Nc3ccc(F)c(F)c3)ccc1Cl)C2. The van der Waals surface area contributed by atoms with Crippen molar-refractivity contribution < 1.29 is 32.2 Å². The first kappa shape index (κ1) is 27.6. The van der Waals surface area contributed by atoms with Crippen molar-refractivity contribution in [2.24, 2.45) is 11.8 Å². The Bertz CT molecular complexity index is 1540. The minimum atomic E-state index is -4.04. The molecule has 1 amide bonds. The fourth-order valence-corrected chi connectivity index (χ4v) is 8.47. The van der Waals surface area contributed by atoms with Crippen molar-refractivity contribution >= 4 is 33.0 Å². The van der Waals surface area contributed by atoms with E-state index < -0.39 is 56.2 Å². The van der Waals surface area contributed by atoms with Gasteiger partial charge in [0.2, 0.25) is 0 Å². The highest BCUT2D eigenvalue weighted by molar-refractivity contribution is 7.92. The van der Waals surface area contributed by atoms with E-state index >= 15 is 0 Å². The van der Waals surface area contributed by atoms with Gasteiger partial charge in [-0.1, -0.05) is 17.7 Å². The summed E-state index contributed by atoms with van der Waals surface area (Å²) in [6, 6.07) is 10.2. The summed E-state index contributed by atoms with van der Waals surface area (Å²) in [5.41, 5.74) is -0.429. The molecule has 0 aliphatic heterocycles. The highest BCUT2D eigenvalue weighted by Crippen LogP contribution is 2.56. The monoisotopic (exact) mass is 576 g/mol. The second-order valence-electron chi connectivity index (χ2n) is 10.3. The van der Waals surface area contributed by atoms with Gasteiger partial charge in [-0.2, -0.15) is 0 Å². The van der Waals surface area contributed by atoms with E-state index in [0.717, 1.165) is 17.7 Å². The fraction of sp³-hybridized carbons (Fsp3) is 0.357. The molecule has 2 saturated carbocycles. The molecule has 0 spiro atoms. The lowest BCUT2D eigenvalue weighted by molar-refractivity contribution is -0.146. The summed E-state index contributed by atoms with van der Waals surface area (Å²) in [5, 5.41) is 24.4. The van der Waals surface area contributed by atoms with Crippen molar-refractivity contribution in [3.8, 4) is 0 Å². The van der Waals surface area contributed by atoms with Gasteiger partial charge in [-0.15, -0.1) is 0 Å². The van der Waals surface area contributed by atoms with Gasteiger partial charge in [0, 0.05) is 23.5 Å². The largest absolute Gasteiger partial charge is 0.386 e. The first-order valence-corrected chi connectivity index (χ1v) is 14.5. The molecule has 2 aliphatic carbocycles. The molecule has 0 unspecified atom stereocenters. The number of hydrogen-bond acceptors (Lipinski definition) is 6. The number of nitrogens with one attached hydrogen (secondary N) is 1. The molecular formula is C28H27ClF2N2O5S. The van der Waals surface area contributed by atoms with E-state index in [0.29, 0.717) is 18.5 Å². The van der Waals surface area contributed by atoms with Crippen molar-refractivity contribution in [1.82, 2.24) is 4.98 Å². The van der Waals surface area contributed by atoms with Crippen LogP contribution < -0.4 is 5.32 Å². The second kappa shape index (κ2) is 10.2. The zero-order valence-corrected chi connectivity index (χ0v) is 22.5.